The number of benzene rings is 2. The lowest BCUT2D eigenvalue weighted by Gasteiger charge is -2.25. The van der Waals surface area contributed by atoms with Crippen molar-refractivity contribution in [2.45, 2.75) is 25.3 Å². The van der Waals surface area contributed by atoms with Crippen LogP contribution < -0.4 is 10.1 Å². The largest absolute Gasteiger partial charge is 0.497 e. The summed E-state index contributed by atoms with van der Waals surface area (Å²) in [4.78, 5) is 26.4. The first-order valence-corrected chi connectivity index (χ1v) is 8.90. The van der Waals surface area contributed by atoms with Gasteiger partial charge in [-0.3, -0.25) is 9.59 Å². The zero-order valence-corrected chi connectivity index (χ0v) is 15.0. The number of carbonyl (C=O) groups excluding carboxylic acids is 2. The van der Waals surface area contributed by atoms with E-state index in [2.05, 4.69) is 5.32 Å². The minimum absolute atomic E-state index is 0.0596. The van der Waals surface area contributed by atoms with Crippen LogP contribution in [0, 0.1) is 0 Å². The minimum atomic E-state index is -0.205. The van der Waals surface area contributed by atoms with E-state index in [0.717, 1.165) is 29.8 Å². The molecule has 1 fully saturated rings. The van der Waals surface area contributed by atoms with Crippen LogP contribution in [0.4, 0.5) is 0 Å². The summed E-state index contributed by atoms with van der Waals surface area (Å²) in [5, 5.41) is 3.09. The number of methoxy groups -OCH3 is 1. The van der Waals surface area contributed by atoms with Gasteiger partial charge in [-0.1, -0.05) is 42.5 Å². The molecular formula is C21H24N2O3. The van der Waals surface area contributed by atoms with E-state index >= 15 is 0 Å². The van der Waals surface area contributed by atoms with E-state index in [0.29, 0.717) is 19.4 Å². The molecule has 136 valence electrons. The Labute approximate surface area is 154 Å². The lowest BCUT2D eigenvalue weighted by atomic mass is 10.1. The van der Waals surface area contributed by atoms with Gasteiger partial charge in [-0.2, -0.15) is 0 Å². The highest BCUT2D eigenvalue weighted by Crippen LogP contribution is 2.19. The van der Waals surface area contributed by atoms with E-state index in [1.165, 1.54) is 0 Å². The van der Waals surface area contributed by atoms with Crippen molar-refractivity contribution < 1.29 is 14.3 Å². The Balaban J connectivity index is 1.67. The van der Waals surface area contributed by atoms with Crippen molar-refractivity contribution in [3.63, 3.8) is 0 Å². The van der Waals surface area contributed by atoms with Crippen molar-refractivity contribution in [2.75, 3.05) is 20.2 Å². The van der Waals surface area contributed by atoms with Gasteiger partial charge >= 0.3 is 0 Å². The smallest absolute Gasteiger partial charge is 0.224 e. The maximum Gasteiger partial charge on any atom is 0.224 e. The van der Waals surface area contributed by atoms with Crippen LogP contribution in [0.3, 0.4) is 0 Å². The first kappa shape index (κ1) is 18.0. The van der Waals surface area contributed by atoms with Crippen LogP contribution >= 0.6 is 0 Å². The van der Waals surface area contributed by atoms with E-state index in [9.17, 15) is 9.59 Å². The first-order valence-electron chi connectivity index (χ1n) is 8.90. The number of carbonyl (C=O) groups is 2. The molecule has 3 rings (SSSR count). The highest BCUT2D eigenvalue weighted by Gasteiger charge is 2.25. The molecule has 5 nitrogen and oxygen atoms in total. The van der Waals surface area contributed by atoms with Gasteiger partial charge in [0.2, 0.25) is 11.8 Å². The fraction of sp³-hybridized carbons (Fsp3) is 0.333. The Hall–Kier alpha value is -2.82. The van der Waals surface area contributed by atoms with Gasteiger partial charge in [-0.05, 0) is 29.7 Å². The second kappa shape index (κ2) is 8.52. The van der Waals surface area contributed by atoms with Gasteiger partial charge < -0.3 is 15.0 Å². The zero-order valence-electron chi connectivity index (χ0n) is 15.0. The fourth-order valence-electron chi connectivity index (χ4n) is 3.21. The van der Waals surface area contributed by atoms with Crippen LogP contribution in [-0.4, -0.2) is 36.9 Å². The minimum Gasteiger partial charge on any atom is -0.497 e. The quantitative estimate of drug-likeness (QED) is 0.833. The van der Waals surface area contributed by atoms with Crippen molar-refractivity contribution >= 4 is 11.8 Å². The van der Waals surface area contributed by atoms with Gasteiger partial charge in [-0.15, -0.1) is 0 Å². The molecule has 1 aliphatic heterocycles. The molecule has 1 aliphatic rings. The lowest BCUT2D eigenvalue weighted by Crippen LogP contribution is -2.39. The molecule has 0 spiro atoms. The number of hydrogen-bond acceptors (Lipinski definition) is 3. The summed E-state index contributed by atoms with van der Waals surface area (Å²) in [7, 11) is 1.62. The fourth-order valence-corrected chi connectivity index (χ4v) is 3.21. The zero-order chi connectivity index (χ0) is 18.4. The molecule has 0 aromatic heterocycles. The summed E-state index contributed by atoms with van der Waals surface area (Å²) < 4.78 is 5.14. The molecule has 0 bridgehead atoms. The Morgan fingerprint density at radius 2 is 1.88 bits per heavy atom. The average Bonchev–Trinajstić information content (AvgIpc) is 3.07. The molecule has 1 heterocycles. The molecule has 1 saturated heterocycles. The third kappa shape index (κ3) is 4.63. The first-order chi connectivity index (χ1) is 12.7. The number of hydrogen-bond donors (Lipinski definition) is 1. The van der Waals surface area contributed by atoms with E-state index < -0.39 is 0 Å². The van der Waals surface area contributed by atoms with E-state index in [1.54, 1.807) is 7.11 Å². The Bertz CT molecular complexity index is 744. The number of ether oxygens (including phenoxy) is 1. The lowest BCUT2D eigenvalue weighted by molar-refractivity contribution is -0.129. The average molecular weight is 352 g/mol. The van der Waals surface area contributed by atoms with Crippen LogP contribution in [0.1, 0.15) is 30.0 Å². The molecule has 2 amide bonds. The van der Waals surface area contributed by atoms with Crippen LogP contribution in [0.2, 0.25) is 0 Å². The van der Waals surface area contributed by atoms with Crippen LogP contribution in [0.5, 0.6) is 5.75 Å². The van der Waals surface area contributed by atoms with Crippen molar-refractivity contribution in [3.05, 3.63) is 65.7 Å². The number of nitrogens with one attached hydrogen (secondary N) is 1. The van der Waals surface area contributed by atoms with Gasteiger partial charge in [0, 0.05) is 19.5 Å². The number of nitrogens with zero attached hydrogens (tertiary/aromatic N) is 1. The van der Waals surface area contributed by atoms with E-state index in [1.807, 2.05) is 59.5 Å². The molecule has 26 heavy (non-hydrogen) atoms. The van der Waals surface area contributed by atoms with Gasteiger partial charge in [-0.25, -0.2) is 0 Å². The third-order valence-corrected chi connectivity index (χ3v) is 4.64. The molecule has 5 heteroatoms. The Kier molecular flexibility index (Phi) is 5.89. The molecule has 1 N–H and O–H groups in total. The molecule has 1 atom stereocenters. The second-order valence-corrected chi connectivity index (χ2v) is 6.50. The van der Waals surface area contributed by atoms with Crippen molar-refractivity contribution in [3.8, 4) is 5.75 Å². The van der Waals surface area contributed by atoms with E-state index in [4.69, 9.17) is 4.74 Å². The topological polar surface area (TPSA) is 58.6 Å². The second-order valence-electron chi connectivity index (χ2n) is 6.50. The summed E-state index contributed by atoms with van der Waals surface area (Å²) in [6, 6.07) is 17.1. The normalized spacial score (nSPS) is 15.0. The summed E-state index contributed by atoms with van der Waals surface area (Å²) in [6.07, 6.45) is 1.78. The Morgan fingerprint density at radius 3 is 2.50 bits per heavy atom. The molecule has 0 aliphatic carbocycles. The molecule has 2 aromatic rings. The van der Waals surface area contributed by atoms with Gasteiger partial charge in [0.05, 0.1) is 19.6 Å². The number of amides is 2. The van der Waals surface area contributed by atoms with E-state index in [-0.39, 0.29) is 17.9 Å². The summed E-state index contributed by atoms with van der Waals surface area (Å²) in [5.41, 5.74) is 1.93. The van der Waals surface area contributed by atoms with Gasteiger partial charge in [0.15, 0.2) is 0 Å². The van der Waals surface area contributed by atoms with Crippen LogP contribution in [-0.2, 0) is 16.0 Å². The monoisotopic (exact) mass is 352 g/mol. The highest BCUT2D eigenvalue weighted by molar-refractivity contribution is 5.80. The van der Waals surface area contributed by atoms with Gasteiger partial charge in [0.25, 0.3) is 0 Å². The predicted molar refractivity (Wildman–Crippen MR) is 99.8 cm³/mol. The number of likely N-dealkylation sites (tertiary alicyclic amines) is 1. The molecule has 0 radical (unpaired) electrons. The third-order valence-electron chi connectivity index (χ3n) is 4.64. The van der Waals surface area contributed by atoms with Gasteiger partial charge in [0.1, 0.15) is 5.75 Å². The summed E-state index contributed by atoms with van der Waals surface area (Å²) in [5.74, 6) is 0.870. The molecule has 0 unspecified atom stereocenters. The predicted octanol–water partition coefficient (Wildman–Crippen LogP) is 2.72. The summed E-state index contributed by atoms with van der Waals surface area (Å²) in [6.45, 7) is 1.27. The van der Waals surface area contributed by atoms with Crippen molar-refractivity contribution in [1.82, 2.24) is 10.2 Å². The standard InChI is InChI=1S/C21H24N2O3/c1-26-18-11-9-16(10-12-18)14-20(24)22-19(17-6-3-2-4-7-17)15-23-13-5-8-21(23)25/h2-4,6-7,9-12,19H,5,8,13-15H2,1H3,(H,22,24)/t19-/m1/s1. The van der Waals surface area contributed by atoms with Crippen LogP contribution in [0.25, 0.3) is 0 Å². The van der Waals surface area contributed by atoms with Crippen molar-refractivity contribution in [2.24, 2.45) is 0 Å². The molecule has 0 saturated carbocycles. The summed E-state index contributed by atoms with van der Waals surface area (Å²) >= 11 is 0. The molecular weight excluding hydrogens is 328 g/mol. The maximum atomic E-state index is 12.6. The van der Waals surface area contributed by atoms with Crippen LogP contribution in [0.15, 0.2) is 54.6 Å². The number of rotatable bonds is 7. The van der Waals surface area contributed by atoms with Crippen molar-refractivity contribution in [1.29, 1.82) is 0 Å². The Morgan fingerprint density at radius 1 is 1.15 bits per heavy atom. The maximum absolute atomic E-state index is 12.6. The molecule has 2 aromatic carbocycles. The highest BCUT2D eigenvalue weighted by atomic mass is 16.5. The SMILES string of the molecule is COc1ccc(CC(=O)N[C@H](CN2CCCC2=O)c2ccccc2)cc1.